The summed E-state index contributed by atoms with van der Waals surface area (Å²) in [6.45, 7) is 4.76. The molecule has 2 saturated heterocycles. The minimum absolute atomic E-state index is 0.0184. The molecule has 0 unspecified atom stereocenters. The van der Waals surface area contributed by atoms with Gasteiger partial charge < -0.3 is 34.1 Å². The van der Waals surface area contributed by atoms with E-state index in [-0.39, 0.29) is 43.7 Å². The maximum Gasteiger partial charge on any atom is 0.407 e. The minimum Gasteiger partial charge on any atom is -0.465 e. The smallest absolute Gasteiger partial charge is 0.407 e. The Balaban J connectivity index is 1.39. The summed E-state index contributed by atoms with van der Waals surface area (Å²) < 4.78 is 52.8. The zero-order chi connectivity index (χ0) is 38.2. The van der Waals surface area contributed by atoms with Gasteiger partial charge in [0.25, 0.3) is 0 Å². The minimum atomic E-state index is -4.23. The van der Waals surface area contributed by atoms with Crippen LogP contribution in [0, 0.1) is 22.8 Å². The third-order valence-corrected chi connectivity index (χ3v) is 11.8. The van der Waals surface area contributed by atoms with E-state index in [9.17, 15) is 23.4 Å². The first-order chi connectivity index (χ1) is 25.3. The molecule has 5 atom stereocenters. The monoisotopic (exact) mass is 756 g/mol. The molecule has 0 bridgehead atoms. The lowest BCUT2D eigenvalue weighted by atomic mass is 9.86. The van der Waals surface area contributed by atoms with Crippen LogP contribution < -0.4 is 14.8 Å². The highest BCUT2D eigenvalue weighted by Gasteiger charge is 2.49. The van der Waals surface area contributed by atoms with Crippen LogP contribution in [0.15, 0.2) is 58.4 Å². The molecule has 0 aromatic heterocycles. The molecule has 3 aliphatic heterocycles. The van der Waals surface area contributed by atoms with Gasteiger partial charge in [-0.3, -0.25) is 15.2 Å². The van der Waals surface area contributed by atoms with Crippen LogP contribution in [0.2, 0.25) is 0 Å². The standard InChI is InChI=1S/C37H52N6O9S/c1-37(2,16-9-6-10-17-39-35(40-24-38)41(3)4)23-42(53(47,48)27-13-14-32-33(20-27)52-25-51-32)21-31(44)29(19-26-11-7-5-8-12-26)43(36(45)46)30-22-50-34-28(30)15-18-49-34/h5,7-8,11-14,20,28-31,34,44H,6,9-10,15-19,21-23,25H2,1-4H3,(H,39,40)(H,45,46)/t28-,29-,30-,31+,34+/m0/s1. The SMILES string of the molecule is CN(C)C(=NCCCCCC(C)(C)CN(C[C@@H](O)[C@H](Cc1ccccc1)N(C(=O)O)[C@H]1CO[C@H]2OCC[C@H]21)S(=O)(=O)c1ccc2c(c1)OCO2)NC#N. The molecule has 0 radical (unpaired) electrons. The fourth-order valence-corrected chi connectivity index (χ4v) is 8.94. The van der Waals surface area contributed by atoms with E-state index in [2.05, 4.69) is 10.3 Å². The van der Waals surface area contributed by atoms with E-state index in [4.69, 9.17) is 24.2 Å². The Morgan fingerprint density at radius 2 is 1.85 bits per heavy atom. The summed E-state index contributed by atoms with van der Waals surface area (Å²) in [6.07, 6.45) is 2.61. The van der Waals surface area contributed by atoms with Crippen LogP contribution in [-0.4, -0.2) is 123 Å². The van der Waals surface area contributed by atoms with Crippen molar-refractivity contribution < 1.29 is 42.4 Å². The molecule has 3 aliphatic rings. The predicted octanol–water partition coefficient (Wildman–Crippen LogP) is 3.69. The van der Waals surface area contributed by atoms with Crippen molar-refractivity contribution >= 4 is 22.1 Å². The number of nitrogens with one attached hydrogen (secondary N) is 1. The second-order valence-electron chi connectivity index (χ2n) is 14.7. The molecule has 1 amide bonds. The van der Waals surface area contributed by atoms with Crippen molar-refractivity contribution in [2.24, 2.45) is 16.3 Å². The normalized spacial score (nSPS) is 20.8. The van der Waals surface area contributed by atoms with E-state index < -0.39 is 46.0 Å². The molecule has 2 aromatic rings. The van der Waals surface area contributed by atoms with Crippen molar-refractivity contribution in [2.75, 3.05) is 53.7 Å². The highest BCUT2D eigenvalue weighted by molar-refractivity contribution is 7.89. The number of carboxylic acid groups (broad SMARTS) is 1. The van der Waals surface area contributed by atoms with Crippen molar-refractivity contribution in [3.8, 4) is 17.7 Å². The first kappa shape index (κ1) is 40.1. The largest absolute Gasteiger partial charge is 0.465 e. The van der Waals surface area contributed by atoms with Gasteiger partial charge >= 0.3 is 6.09 Å². The zero-order valence-corrected chi connectivity index (χ0v) is 31.7. The molecule has 0 spiro atoms. The van der Waals surface area contributed by atoms with Gasteiger partial charge in [-0.2, -0.15) is 9.57 Å². The summed E-state index contributed by atoms with van der Waals surface area (Å²) >= 11 is 0. The number of guanidine groups is 1. The van der Waals surface area contributed by atoms with E-state index in [0.717, 1.165) is 24.8 Å². The third-order valence-electron chi connectivity index (χ3n) is 10.0. The van der Waals surface area contributed by atoms with Crippen LogP contribution in [-0.2, 0) is 25.9 Å². The number of aliphatic hydroxyl groups is 1. The van der Waals surface area contributed by atoms with Crippen LogP contribution in [0.1, 0.15) is 51.5 Å². The number of aliphatic hydroxyl groups excluding tert-OH is 1. The number of rotatable bonds is 17. The van der Waals surface area contributed by atoms with Gasteiger partial charge in [0.1, 0.15) is 0 Å². The number of fused-ring (bicyclic) bond motifs is 2. The van der Waals surface area contributed by atoms with E-state index in [1.807, 2.05) is 50.4 Å². The van der Waals surface area contributed by atoms with Crippen LogP contribution >= 0.6 is 0 Å². The Morgan fingerprint density at radius 3 is 2.57 bits per heavy atom. The molecular formula is C37H52N6O9S. The van der Waals surface area contributed by atoms with Gasteiger partial charge in [0.05, 0.1) is 36.3 Å². The number of nitrogens with zero attached hydrogens (tertiary/aromatic N) is 5. The van der Waals surface area contributed by atoms with Gasteiger partial charge in [0.15, 0.2) is 24.0 Å². The second-order valence-corrected chi connectivity index (χ2v) is 16.7. The predicted molar refractivity (Wildman–Crippen MR) is 196 cm³/mol. The van der Waals surface area contributed by atoms with E-state index in [1.165, 1.54) is 21.3 Å². The average Bonchev–Trinajstić information content (AvgIpc) is 3.87. The van der Waals surface area contributed by atoms with Crippen LogP contribution in [0.5, 0.6) is 11.5 Å². The third kappa shape index (κ3) is 10.1. The number of ether oxygens (including phenoxy) is 4. The molecule has 5 rings (SSSR count). The molecular weight excluding hydrogens is 705 g/mol. The molecule has 3 heterocycles. The number of nitriles is 1. The summed E-state index contributed by atoms with van der Waals surface area (Å²) in [4.78, 5) is 20.5. The van der Waals surface area contributed by atoms with Gasteiger partial charge in [-0.05, 0) is 48.8 Å². The van der Waals surface area contributed by atoms with Gasteiger partial charge in [0, 0.05) is 45.7 Å². The first-order valence-corrected chi connectivity index (χ1v) is 19.5. The number of amides is 1. The Labute approximate surface area is 312 Å². The van der Waals surface area contributed by atoms with Crippen molar-refractivity contribution in [1.82, 2.24) is 19.4 Å². The fraction of sp³-hybridized carbons (Fsp3) is 0.595. The molecule has 2 aromatic carbocycles. The summed E-state index contributed by atoms with van der Waals surface area (Å²) in [7, 11) is -0.620. The summed E-state index contributed by atoms with van der Waals surface area (Å²) in [5.41, 5.74) is 0.274. The second kappa shape index (κ2) is 17.8. The summed E-state index contributed by atoms with van der Waals surface area (Å²) in [5.74, 6) is 1.03. The fourth-order valence-electron chi connectivity index (χ4n) is 7.27. The Bertz CT molecular complexity index is 1720. The number of aliphatic imine (C=N–C) groups is 1. The van der Waals surface area contributed by atoms with Gasteiger partial charge in [0.2, 0.25) is 22.8 Å². The van der Waals surface area contributed by atoms with Gasteiger partial charge in [-0.1, -0.05) is 57.0 Å². The maximum atomic E-state index is 14.5. The van der Waals surface area contributed by atoms with Crippen LogP contribution in [0.4, 0.5) is 4.79 Å². The molecule has 2 fully saturated rings. The number of benzene rings is 2. The van der Waals surface area contributed by atoms with Crippen molar-refractivity contribution in [3.63, 3.8) is 0 Å². The zero-order valence-electron chi connectivity index (χ0n) is 30.9. The molecule has 3 N–H and O–H groups in total. The Morgan fingerprint density at radius 1 is 1.09 bits per heavy atom. The maximum absolute atomic E-state index is 14.5. The van der Waals surface area contributed by atoms with E-state index in [1.54, 1.807) is 25.1 Å². The van der Waals surface area contributed by atoms with Crippen molar-refractivity contribution in [2.45, 2.75) is 81.7 Å². The van der Waals surface area contributed by atoms with E-state index in [0.29, 0.717) is 43.5 Å². The highest BCUT2D eigenvalue weighted by atomic mass is 32.2. The number of carbonyl (C=O) groups is 1. The summed E-state index contributed by atoms with van der Waals surface area (Å²) in [5, 5.41) is 34.4. The molecule has 53 heavy (non-hydrogen) atoms. The Kier molecular flexibility index (Phi) is 13.4. The molecule has 15 nitrogen and oxygen atoms in total. The molecule has 0 aliphatic carbocycles. The van der Waals surface area contributed by atoms with Crippen LogP contribution in [0.25, 0.3) is 0 Å². The lowest BCUT2D eigenvalue weighted by molar-refractivity contribution is -0.0906. The first-order valence-electron chi connectivity index (χ1n) is 18.0. The number of sulfonamides is 1. The van der Waals surface area contributed by atoms with Crippen molar-refractivity contribution in [1.29, 1.82) is 5.26 Å². The lowest BCUT2D eigenvalue weighted by Gasteiger charge is -2.40. The van der Waals surface area contributed by atoms with Crippen molar-refractivity contribution in [3.05, 3.63) is 54.1 Å². The highest BCUT2D eigenvalue weighted by Crippen LogP contribution is 2.38. The van der Waals surface area contributed by atoms with E-state index >= 15 is 0 Å². The Hall–Kier alpha value is -4.14. The molecule has 290 valence electrons. The topological polar surface area (TPSA) is 186 Å². The number of hydrogen-bond acceptors (Lipinski definition) is 10. The quantitative estimate of drug-likeness (QED) is 0.0700. The molecule has 0 saturated carbocycles. The van der Waals surface area contributed by atoms with Gasteiger partial charge in [-0.25, -0.2) is 13.2 Å². The lowest BCUT2D eigenvalue weighted by Crippen LogP contribution is -2.58. The number of unbranched alkanes of at least 4 members (excludes halogenated alkanes) is 2. The summed E-state index contributed by atoms with van der Waals surface area (Å²) in [6, 6.07) is 12.1. The van der Waals surface area contributed by atoms with Gasteiger partial charge in [-0.15, -0.1) is 0 Å². The number of hydrogen-bond donors (Lipinski definition) is 3. The molecule has 16 heteroatoms. The average molecular weight is 757 g/mol. The van der Waals surface area contributed by atoms with Crippen LogP contribution in [0.3, 0.4) is 0 Å².